The Morgan fingerprint density at radius 3 is 2.91 bits per heavy atom. The second-order valence-electron chi connectivity index (χ2n) is 2.48. The van der Waals surface area contributed by atoms with Crippen LogP contribution >= 0.6 is 12.2 Å². The molecule has 0 atom stereocenters. The molecule has 1 aromatic heterocycles. The quantitative estimate of drug-likeness (QED) is 0.634. The van der Waals surface area contributed by atoms with E-state index in [0.29, 0.717) is 16.7 Å². The molecule has 5 heteroatoms. The highest BCUT2D eigenvalue weighted by atomic mass is 32.1. The SMILES string of the molecule is CC(C)NC(=S)c1cn[nH]n1. The van der Waals surface area contributed by atoms with Gasteiger partial charge in [-0.2, -0.15) is 15.4 Å². The first-order valence-corrected chi connectivity index (χ1v) is 3.77. The Bertz CT molecular complexity index is 229. The Kier molecular flexibility index (Phi) is 2.53. The molecule has 0 amide bonds. The Labute approximate surface area is 70.4 Å². The van der Waals surface area contributed by atoms with E-state index in [0.717, 1.165) is 0 Å². The highest BCUT2D eigenvalue weighted by molar-refractivity contribution is 7.80. The third kappa shape index (κ3) is 2.27. The van der Waals surface area contributed by atoms with Gasteiger partial charge in [0.15, 0.2) is 0 Å². The summed E-state index contributed by atoms with van der Waals surface area (Å²) in [7, 11) is 0. The van der Waals surface area contributed by atoms with Gasteiger partial charge in [0.25, 0.3) is 0 Å². The minimum Gasteiger partial charge on any atom is -0.372 e. The lowest BCUT2D eigenvalue weighted by molar-refractivity contribution is 0.739. The fraction of sp³-hybridized carbons (Fsp3) is 0.500. The van der Waals surface area contributed by atoms with Crippen LogP contribution < -0.4 is 5.32 Å². The van der Waals surface area contributed by atoms with Crippen LogP contribution in [0.4, 0.5) is 0 Å². The summed E-state index contributed by atoms with van der Waals surface area (Å²) >= 11 is 5.02. The summed E-state index contributed by atoms with van der Waals surface area (Å²) in [6, 6.07) is 0.333. The van der Waals surface area contributed by atoms with Crippen molar-refractivity contribution in [1.29, 1.82) is 0 Å². The van der Waals surface area contributed by atoms with E-state index in [9.17, 15) is 0 Å². The molecule has 2 N–H and O–H groups in total. The number of thiocarbonyl (C=S) groups is 1. The summed E-state index contributed by atoms with van der Waals surface area (Å²) in [5, 5.41) is 13.0. The van der Waals surface area contributed by atoms with E-state index in [1.54, 1.807) is 6.20 Å². The molecule has 0 radical (unpaired) electrons. The van der Waals surface area contributed by atoms with Gasteiger partial charge in [0.1, 0.15) is 10.7 Å². The molecule has 0 aromatic carbocycles. The fourth-order valence-corrected chi connectivity index (χ4v) is 0.981. The number of aromatic amines is 1. The Balaban J connectivity index is 2.57. The van der Waals surface area contributed by atoms with E-state index in [2.05, 4.69) is 20.7 Å². The van der Waals surface area contributed by atoms with Gasteiger partial charge in [-0.25, -0.2) is 0 Å². The van der Waals surface area contributed by atoms with Gasteiger partial charge in [0, 0.05) is 6.04 Å². The van der Waals surface area contributed by atoms with Gasteiger partial charge in [-0.1, -0.05) is 12.2 Å². The molecule has 11 heavy (non-hydrogen) atoms. The van der Waals surface area contributed by atoms with Crippen LogP contribution in [0.5, 0.6) is 0 Å². The molecule has 60 valence electrons. The normalized spacial score (nSPS) is 10.1. The van der Waals surface area contributed by atoms with Gasteiger partial charge in [-0.3, -0.25) is 0 Å². The molecule has 0 aliphatic carbocycles. The first-order valence-electron chi connectivity index (χ1n) is 3.37. The third-order valence-corrected chi connectivity index (χ3v) is 1.39. The van der Waals surface area contributed by atoms with Gasteiger partial charge < -0.3 is 5.32 Å². The number of H-pyrrole nitrogens is 1. The van der Waals surface area contributed by atoms with Crippen LogP contribution in [-0.2, 0) is 0 Å². The third-order valence-electron chi connectivity index (χ3n) is 1.07. The first kappa shape index (κ1) is 8.13. The predicted molar refractivity (Wildman–Crippen MR) is 46.4 cm³/mol. The summed E-state index contributed by atoms with van der Waals surface area (Å²) in [5.41, 5.74) is 0.689. The van der Waals surface area contributed by atoms with Crippen LogP contribution in [0, 0.1) is 0 Å². The molecule has 1 aromatic rings. The van der Waals surface area contributed by atoms with Crippen molar-refractivity contribution in [1.82, 2.24) is 20.7 Å². The molecule has 0 unspecified atom stereocenters. The van der Waals surface area contributed by atoms with Crippen molar-refractivity contribution in [3.05, 3.63) is 11.9 Å². The molecule has 0 aliphatic heterocycles. The summed E-state index contributed by atoms with van der Waals surface area (Å²) in [5.74, 6) is 0. The lowest BCUT2D eigenvalue weighted by Crippen LogP contribution is -2.29. The largest absolute Gasteiger partial charge is 0.372 e. The number of hydrogen-bond acceptors (Lipinski definition) is 3. The van der Waals surface area contributed by atoms with E-state index >= 15 is 0 Å². The van der Waals surface area contributed by atoms with Crippen LogP contribution in [0.15, 0.2) is 6.20 Å². The average Bonchev–Trinajstić information content (AvgIpc) is 2.35. The van der Waals surface area contributed by atoms with Gasteiger partial charge in [0.2, 0.25) is 0 Å². The first-order chi connectivity index (χ1) is 5.20. The van der Waals surface area contributed by atoms with Crippen LogP contribution in [-0.4, -0.2) is 26.4 Å². The number of aromatic nitrogens is 3. The van der Waals surface area contributed by atoms with E-state index in [1.807, 2.05) is 13.8 Å². The zero-order valence-corrected chi connectivity index (χ0v) is 7.27. The summed E-state index contributed by atoms with van der Waals surface area (Å²) in [4.78, 5) is 0.633. The van der Waals surface area contributed by atoms with Crippen molar-refractivity contribution in [2.24, 2.45) is 0 Å². The molecule has 0 bridgehead atoms. The van der Waals surface area contributed by atoms with E-state index in [-0.39, 0.29) is 0 Å². The minimum absolute atomic E-state index is 0.333. The second kappa shape index (κ2) is 3.43. The molecule has 0 saturated heterocycles. The summed E-state index contributed by atoms with van der Waals surface area (Å²) < 4.78 is 0. The molecule has 0 saturated carbocycles. The molecule has 1 heterocycles. The maximum atomic E-state index is 5.02. The average molecular weight is 170 g/mol. The standard InChI is InChI=1S/C6H10N4S/c1-4(2)8-6(11)5-3-7-10-9-5/h3-4H,1-2H3,(H,8,11)(H,7,9,10). The zero-order chi connectivity index (χ0) is 8.27. The van der Waals surface area contributed by atoms with Crippen molar-refractivity contribution in [2.75, 3.05) is 0 Å². The fourth-order valence-electron chi connectivity index (χ4n) is 0.647. The molecule has 0 fully saturated rings. The minimum atomic E-state index is 0.333. The zero-order valence-electron chi connectivity index (χ0n) is 6.46. The Morgan fingerprint density at radius 2 is 2.45 bits per heavy atom. The predicted octanol–water partition coefficient (Wildman–Crippen LogP) is 0.478. The Hall–Kier alpha value is -0.970. The van der Waals surface area contributed by atoms with E-state index in [1.165, 1.54) is 0 Å². The number of hydrogen-bond donors (Lipinski definition) is 2. The summed E-state index contributed by atoms with van der Waals surface area (Å²) in [6.45, 7) is 4.04. The maximum absolute atomic E-state index is 5.02. The molecular formula is C6H10N4S. The van der Waals surface area contributed by atoms with Gasteiger partial charge >= 0.3 is 0 Å². The monoisotopic (exact) mass is 170 g/mol. The lowest BCUT2D eigenvalue weighted by Gasteiger charge is -2.07. The second-order valence-corrected chi connectivity index (χ2v) is 2.89. The number of nitrogens with zero attached hydrogens (tertiary/aromatic N) is 2. The van der Waals surface area contributed by atoms with Gasteiger partial charge in [-0.15, -0.1) is 0 Å². The molecule has 4 nitrogen and oxygen atoms in total. The summed E-state index contributed by atoms with van der Waals surface area (Å²) in [6.07, 6.45) is 1.59. The van der Waals surface area contributed by atoms with Gasteiger partial charge in [-0.05, 0) is 13.8 Å². The van der Waals surface area contributed by atoms with Crippen molar-refractivity contribution >= 4 is 17.2 Å². The van der Waals surface area contributed by atoms with Crippen molar-refractivity contribution in [2.45, 2.75) is 19.9 Å². The Morgan fingerprint density at radius 1 is 1.73 bits per heavy atom. The topological polar surface area (TPSA) is 53.6 Å². The van der Waals surface area contributed by atoms with Crippen molar-refractivity contribution in [3.8, 4) is 0 Å². The van der Waals surface area contributed by atoms with Crippen LogP contribution in [0.1, 0.15) is 19.5 Å². The molecular weight excluding hydrogens is 160 g/mol. The molecule has 0 aliphatic rings. The van der Waals surface area contributed by atoms with E-state index in [4.69, 9.17) is 12.2 Å². The van der Waals surface area contributed by atoms with E-state index < -0.39 is 0 Å². The number of nitrogens with one attached hydrogen (secondary N) is 2. The maximum Gasteiger partial charge on any atom is 0.139 e. The van der Waals surface area contributed by atoms with Crippen LogP contribution in [0.2, 0.25) is 0 Å². The van der Waals surface area contributed by atoms with Crippen molar-refractivity contribution in [3.63, 3.8) is 0 Å². The van der Waals surface area contributed by atoms with Crippen LogP contribution in [0.25, 0.3) is 0 Å². The molecule has 0 spiro atoms. The van der Waals surface area contributed by atoms with Crippen molar-refractivity contribution < 1.29 is 0 Å². The van der Waals surface area contributed by atoms with Gasteiger partial charge in [0.05, 0.1) is 6.20 Å². The highest BCUT2D eigenvalue weighted by Gasteiger charge is 2.03. The number of rotatable bonds is 2. The molecule has 1 rings (SSSR count). The highest BCUT2D eigenvalue weighted by Crippen LogP contribution is 1.91. The van der Waals surface area contributed by atoms with Crippen LogP contribution in [0.3, 0.4) is 0 Å². The smallest absolute Gasteiger partial charge is 0.139 e. The lowest BCUT2D eigenvalue weighted by atomic mass is 10.3.